The third-order valence-corrected chi connectivity index (χ3v) is 9.52. The standard InChI is InChI=1S/C43H37IO6/c44-41-40(49-29-33-19-11-4-12-20-33)25-38(47-27-31-15-7-2-8-16-31)35-24-36(45)42(50-43(35)41)34-21-22-37(46-26-30-13-5-1-6-14-30)39(23-34)48-28-32-17-9-3-10-18-32/h1-23,25,36,42,45H,24,26-29H2/t36-,42+/m0/s1. The van der Waals surface area contributed by atoms with Gasteiger partial charge in [-0.15, -0.1) is 0 Å². The fourth-order valence-electron chi connectivity index (χ4n) is 5.86. The maximum atomic E-state index is 11.6. The summed E-state index contributed by atoms with van der Waals surface area (Å²) in [4.78, 5) is 0. The van der Waals surface area contributed by atoms with E-state index in [1.165, 1.54) is 0 Å². The van der Waals surface area contributed by atoms with E-state index in [9.17, 15) is 5.11 Å². The molecule has 0 saturated heterocycles. The average molecular weight is 777 g/mol. The predicted molar refractivity (Wildman–Crippen MR) is 202 cm³/mol. The number of hydrogen-bond donors (Lipinski definition) is 1. The van der Waals surface area contributed by atoms with Crippen LogP contribution in [-0.4, -0.2) is 11.2 Å². The number of benzene rings is 6. The Morgan fingerprint density at radius 3 is 1.46 bits per heavy atom. The molecule has 0 spiro atoms. The molecule has 0 amide bonds. The second kappa shape index (κ2) is 16.1. The van der Waals surface area contributed by atoms with E-state index in [1.54, 1.807) is 0 Å². The highest BCUT2D eigenvalue weighted by Gasteiger charge is 2.35. The van der Waals surface area contributed by atoms with E-state index in [4.69, 9.17) is 23.7 Å². The van der Waals surface area contributed by atoms with Gasteiger partial charge in [-0.2, -0.15) is 0 Å². The van der Waals surface area contributed by atoms with Gasteiger partial charge in [-0.1, -0.05) is 127 Å². The van der Waals surface area contributed by atoms with Crippen molar-refractivity contribution >= 4 is 22.6 Å². The number of rotatable bonds is 13. The summed E-state index contributed by atoms with van der Waals surface area (Å²) >= 11 is 2.28. The van der Waals surface area contributed by atoms with Gasteiger partial charge in [-0.3, -0.25) is 0 Å². The van der Waals surface area contributed by atoms with Crippen molar-refractivity contribution in [3.05, 3.63) is 183 Å². The zero-order valence-corrected chi connectivity index (χ0v) is 29.6. The van der Waals surface area contributed by atoms with E-state index in [1.807, 2.05) is 146 Å². The molecule has 7 rings (SSSR count). The largest absolute Gasteiger partial charge is 0.488 e. The van der Waals surface area contributed by atoms with E-state index in [2.05, 4.69) is 22.6 Å². The molecule has 1 N–H and O–H groups in total. The van der Waals surface area contributed by atoms with Gasteiger partial charge in [-0.05, 0) is 62.5 Å². The highest BCUT2D eigenvalue weighted by atomic mass is 127. The van der Waals surface area contributed by atoms with Crippen molar-refractivity contribution in [2.75, 3.05) is 0 Å². The molecule has 0 bridgehead atoms. The number of aliphatic hydroxyl groups excluding tert-OH is 1. The van der Waals surface area contributed by atoms with Gasteiger partial charge in [0.05, 0.1) is 9.67 Å². The predicted octanol–water partition coefficient (Wildman–Crippen LogP) is 9.64. The van der Waals surface area contributed by atoms with E-state index in [0.717, 1.165) is 37.0 Å². The second-order valence-electron chi connectivity index (χ2n) is 12.1. The van der Waals surface area contributed by atoms with Gasteiger partial charge in [0.25, 0.3) is 0 Å². The van der Waals surface area contributed by atoms with Gasteiger partial charge >= 0.3 is 0 Å². The summed E-state index contributed by atoms with van der Waals surface area (Å²) in [6, 6.07) is 47.7. The molecule has 50 heavy (non-hydrogen) atoms. The van der Waals surface area contributed by atoms with Crippen LogP contribution in [0.15, 0.2) is 146 Å². The van der Waals surface area contributed by atoms with Gasteiger partial charge in [0.15, 0.2) is 17.6 Å². The van der Waals surface area contributed by atoms with Crippen molar-refractivity contribution in [1.82, 2.24) is 0 Å². The first-order valence-corrected chi connectivity index (χ1v) is 17.7. The summed E-state index contributed by atoms with van der Waals surface area (Å²) in [6.07, 6.45) is -1.16. The maximum Gasteiger partial charge on any atom is 0.162 e. The topological polar surface area (TPSA) is 66.4 Å². The molecule has 0 fully saturated rings. The zero-order chi connectivity index (χ0) is 34.1. The molecule has 6 aromatic carbocycles. The third-order valence-electron chi connectivity index (χ3n) is 8.50. The lowest BCUT2D eigenvalue weighted by molar-refractivity contribution is 0.0185. The van der Waals surface area contributed by atoms with Gasteiger partial charge in [0.1, 0.15) is 43.7 Å². The molecule has 0 radical (unpaired) electrons. The van der Waals surface area contributed by atoms with Crippen LogP contribution in [0.4, 0.5) is 0 Å². The first-order chi connectivity index (χ1) is 24.6. The van der Waals surface area contributed by atoms with Gasteiger partial charge in [0.2, 0.25) is 0 Å². The maximum absolute atomic E-state index is 11.6. The van der Waals surface area contributed by atoms with Crippen molar-refractivity contribution < 1.29 is 28.8 Å². The van der Waals surface area contributed by atoms with E-state index < -0.39 is 12.2 Å². The van der Waals surface area contributed by atoms with Crippen molar-refractivity contribution in [3.8, 4) is 28.7 Å². The van der Waals surface area contributed by atoms with E-state index in [0.29, 0.717) is 61.6 Å². The highest BCUT2D eigenvalue weighted by Crippen LogP contribution is 2.47. The van der Waals surface area contributed by atoms with Gasteiger partial charge < -0.3 is 28.8 Å². The molecule has 252 valence electrons. The Morgan fingerprint density at radius 2 is 0.960 bits per heavy atom. The minimum absolute atomic E-state index is 0.339. The Bertz CT molecular complexity index is 1990. The number of ether oxygens (including phenoxy) is 5. The summed E-state index contributed by atoms with van der Waals surface area (Å²) in [5, 5.41) is 11.6. The van der Waals surface area contributed by atoms with Crippen LogP contribution in [0.3, 0.4) is 0 Å². The van der Waals surface area contributed by atoms with Crippen molar-refractivity contribution in [2.24, 2.45) is 0 Å². The highest BCUT2D eigenvalue weighted by molar-refractivity contribution is 14.1. The number of aliphatic hydroxyl groups is 1. The van der Waals surface area contributed by atoms with Crippen LogP contribution in [0.25, 0.3) is 0 Å². The summed E-state index contributed by atoms with van der Waals surface area (Å²) < 4.78 is 32.9. The molecule has 1 aliphatic heterocycles. The van der Waals surface area contributed by atoms with Crippen molar-refractivity contribution in [1.29, 1.82) is 0 Å². The van der Waals surface area contributed by atoms with E-state index in [-0.39, 0.29) is 0 Å². The first kappa shape index (κ1) is 33.5. The third kappa shape index (κ3) is 8.23. The van der Waals surface area contributed by atoms with Crippen LogP contribution >= 0.6 is 22.6 Å². The Labute approximate surface area is 306 Å². The summed E-state index contributed by atoms with van der Waals surface area (Å²) in [7, 11) is 0. The molecule has 0 aliphatic carbocycles. The van der Waals surface area contributed by atoms with Crippen LogP contribution in [0.5, 0.6) is 28.7 Å². The Kier molecular flexibility index (Phi) is 10.8. The molecule has 2 atom stereocenters. The normalized spacial score (nSPS) is 15.0. The van der Waals surface area contributed by atoms with Crippen LogP contribution < -0.4 is 23.7 Å². The number of hydrogen-bond acceptors (Lipinski definition) is 6. The smallest absolute Gasteiger partial charge is 0.162 e. The SMILES string of the molecule is O[C@H]1Cc2c(OCc3ccccc3)cc(OCc3ccccc3)c(I)c2O[C@@H]1c1ccc(OCc2ccccc2)c(OCc2ccccc2)c1. The Balaban J connectivity index is 1.19. The van der Waals surface area contributed by atoms with Crippen LogP contribution in [0.1, 0.15) is 39.5 Å². The lowest BCUT2D eigenvalue weighted by Gasteiger charge is -2.33. The minimum atomic E-state index is -0.841. The molecular weight excluding hydrogens is 739 g/mol. The van der Waals surface area contributed by atoms with Crippen LogP contribution in [0, 0.1) is 3.57 Å². The fourth-order valence-corrected chi connectivity index (χ4v) is 6.63. The number of halogens is 1. The first-order valence-electron chi connectivity index (χ1n) is 16.6. The summed E-state index contributed by atoms with van der Waals surface area (Å²) in [6.45, 7) is 1.53. The lowest BCUT2D eigenvalue weighted by Crippen LogP contribution is -2.31. The monoisotopic (exact) mass is 776 g/mol. The summed E-state index contributed by atoms with van der Waals surface area (Å²) in [5.74, 6) is 3.11. The Hall–Kier alpha value is -4.99. The van der Waals surface area contributed by atoms with Crippen molar-refractivity contribution in [3.63, 3.8) is 0 Å². The molecule has 0 aromatic heterocycles. The Morgan fingerprint density at radius 1 is 0.520 bits per heavy atom. The van der Waals surface area contributed by atoms with E-state index >= 15 is 0 Å². The van der Waals surface area contributed by atoms with Crippen molar-refractivity contribution in [2.45, 2.75) is 45.1 Å². The zero-order valence-electron chi connectivity index (χ0n) is 27.4. The summed E-state index contributed by atoms with van der Waals surface area (Å²) in [5.41, 5.74) is 5.77. The quantitative estimate of drug-likeness (QED) is 0.118. The molecule has 7 heteroatoms. The minimum Gasteiger partial charge on any atom is -0.488 e. The van der Waals surface area contributed by atoms with Gasteiger partial charge in [-0.25, -0.2) is 0 Å². The van der Waals surface area contributed by atoms with Crippen LogP contribution in [-0.2, 0) is 32.8 Å². The molecule has 1 aliphatic rings. The average Bonchev–Trinajstić information content (AvgIpc) is 3.17. The fraction of sp³-hybridized carbons (Fsp3) is 0.163. The lowest BCUT2D eigenvalue weighted by atomic mass is 9.93. The molecule has 6 nitrogen and oxygen atoms in total. The molecule has 6 aromatic rings. The second-order valence-corrected chi connectivity index (χ2v) is 13.2. The van der Waals surface area contributed by atoms with Crippen LogP contribution in [0.2, 0.25) is 0 Å². The molecule has 0 saturated carbocycles. The number of fused-ring (bicyclic) bond motifs is 1. The van der Waals surface area contributed by atoms with Gasteiger partial charge in [0, 0.05) is 18.1 Å². The molecular formula is C43H37IO6. The molecule has 1 heterocycles. The molecule has 0 unspecified atom stereocenters.